The molecule has 1 aliphatic heterocycles. The van der Waals surface area contributed by atoms with Crippen LogP contribution in [0.5, 0.6) is 17.2 Å². The van der Waals surface area contributed by atoms with Gasteiger partial charge >= 0.3 is 0 Å². The molecule has 1 aliphatic rings. The molecule has 0 radical (unpaired) electrons. The zero-order valence-corrected chi connectivity index (χ0v) is 18.4. The molecular weight excluding hydrogens is 418 g/mol. The second-order valence-electron chi connectivity index (χ2n) is 7.51. The third-order valence-corrected chi connectivity index (χ3v) is 5.65. The highest BCUT2D eigenvalue weighted by Gasteiger charge is 2.15. The monoisotopic (exact) mass is 443 g/mol. The number of ether oxygens (including phenoxy) is 3. The van der Waals surface area contributed by atoms with Gasteiger partial charge in [0.1, 0.15) is 18.5 Å². The van der Waals surface area contributed by atoms with Crippen molar-refractivity contribution in [3.63, 3.8) is 0 Å². The predicted molar refractivity (Wildman–Crippen MR) is 118 cm³/mol. The largest absolute Gasteiger partial charge is 0.491 e. The minimum Gasteiger partial charge on any atom is -0.491 e. The number of aliphatic hydroxyl groups is 1. The van der Waals surface area contributed by atoms with E-state index >= 15 is 0 Å². The lowest BCUT2D eigenvalue weighted by Gasteiger charge is -2.14. The molecule has 3 aromatic rings. The number of hydrogen-bond donors (Lipinski definition) is 2. The predicted octanol–water partition coefficient (Wildman–Crippen LogP) is 3.46. The van der Waals surface area contributed by atoms with Gasteiger partial charge in [-0.15, -0.1) is 0 Å². The van der Waals surface area contributed by atoms with Gasteiger partial charge < -0.3 is 24.6 Å². The van der Waals surface area contributed by atoms with Crippen LogP contribution in [-0.2, 0) is 13.1 Å². The molecule has 2 N–H and O–H groups in total. The lowest BCUT2D eigenvalue weighted by molar-refractivity contribution is 0.106. The second kappa shape index (κ2) is 9.60. The van der Waals surface area contributed by atoms with Crippen molar-refractivity contribution in [2.45, 2.75) is 33.0 Å². The van der Waals surface area contributed by atoms with Gasteiger partial charge in [-0.25, -0.2) is 0 Å². The van der Waals surface area contributed by atoms with Gasteiger partial charge in [-0.1, -0.05) is 29.8 Å². The molecule has 0 aliphatic carbocycles. The van der Waals surface area contributed by atoms with Crippen molar-refractivity contribution in [3.05, 3.63) is 70.0 Å². The first-order chi connectivity index (χ1) is 15.0. The number of aromatic nitrogens is 2. The first-order valence-electron chi connectivity index (χ1n) is 10.2. The van der Waals surface area contributed by atoms with Crippen molar-refractivity contribution < 1.29 is 19.3 Å². The molecule has 0 bridgehead atoms. The Morgan fingerprint density at radius 2 is 2.00 bits per heavy atom. The number of aliphatic hydroxyl groups excluding tert-OH is 1. The number of rotatable bonds is 9. The number of nitrogens with one attached hydrogen (secondary N) is 1. The third kappa shape index (κ3) is 5.12. The Bertz CT molecular complexity index is 1050. The Morgan fingerprint density at radius 1 is 1.19 bits per heavy atom. The minimum absolute atomic E-state index is 0.177. The van der Waals surface area contributed by atoms with Crippen LogP contribution >= 0.6 is 11.6 Å². The van der Waals surface area contributed by atoms with Crippen LogP contribution in [0.1, 0.15) is 22.5 Å². The van der Waals surface area contributed by atoms with Crippen LogP contribution in [0.2, 0.25) is 5.02 Å². The first kappa shape index (κ1) is 21.5. The van der Waals surface area contributed by atoms with E-state index < -0.39 is 6.10 Å². The summed E-state index contributed by atoms with van der Waals surface area (Å²) in [5.41, 5.74) is 4.19. The quantitative estimate of drug-likeness (QED) is 0.527. The molecule has 31 heavy (non-hydrogen) atoms. The summed E-state index contributed by atoms with van der Waals surface area (Å²) in [6.07, 6.45) is -0.649. The van der Waals surface area contributed by atoms with Crippen LogP contribution in [0.3, 0.4) is 0 Å². The molecule has 0 amide bonds. The lowest BCUT2D eigenvalue weighted by atomic mass is 10.2. The maximum absolute atomic E-state index is 10.3. The highest BCUT2D eigenvalue weighted by atomic mass is 35.5. The second-order valence-corrected chi connectivity index (χ2v) is 7.92. The molecule has 1 unspecified atom stereocenters. The molecule has 1 aromatic heterocycles. The number of halogens is 1. The van der Waals surface area contributed by atoms with Gasteiger partial charge in [0, 0.05) is 35.4 Å². The first-order valence-corrected chi connectivity index (χ1v) is 10.6. The molecule has 0 fully saturated rings. The van der Waals surface area contributed by atoms with Crippen LogP contribution in [0, 0.1) is 13.8 Å². The Kier molecular flexibility index (Phi) is 6.65. The highest BCUT2D eigenvalue weighted by molar-refractivity contribution is 6.31. The number of fused-ring (bicyclic) bond motifs is 1. The summed E-state index contributed by atoms with van der Waals surface area (Å²) in [6.45, 7) is 6.08. The van der Waals surface area contributed by atoms with E-state index in [0.717, 1.165) is 27.5 Å². The summed E-state index contributed by atoms with van der Waals surface area (Å²) < 4.78 is 18.3. The summed E-state index contributed by atoms with van der Waals surface area (Å²) in [5.74, 6) is 2.00. The van der Waals surface area contributed by atoms with Crippen molar-refractivity contribution in [1.82, 2.24) is 15.1 Å². The average Bonchev–Trinajstić information content (AvgIpc) is 3.33. The van der Waals surface area contributed by atoms with Gasteiger partial charge in [0.25, 0.3) is 0 Å². The zero-order chi connectivity index (χ0) is 21.8. The van der Waals surface area contributed by atoms with Gasteiger partial charge in [0.15, 0.2) is 11.5 Å². The summed E-state index contributed by atoms with van der Waals surface area (Å²) in [7, 11) is 0. The number of hydrogen-bond acceptors (Lipinski definition) is 6. The Morgan fingerprint density at radius 3 is 2.84 bits per heavy atom. The Labute approximate surface area is 186 Å². The summed E-state index contributed by atoms with van der Waals surface area (Å²) in [4.78, 5) is 0. The lowest BCUT2D eigenvalue weighted by Crippen LogP contribution is -2.31. The molecule has 8 heteroatoms. The number of benzene rings is 2. The molecular formula is C23H26ClN3O4. The standard InChI is InChI=1S/C23H26ClN3O4/c1-15-20(16(2)27(26-15)12-17-5-3-4-6-21(17)24)11-25-10-18(28)13-29-19-7-8-22-23(9-19)31-14-30-22/h3-9,18,25,28H,10-14H2,1-2H3. The SMILES string of the molecule is Cc1nn(Cc2ccccc2Cl)c(C)c1CNCC(O)COc1ccc2c(c1)OCO2. The molecule has 164 valence electrons. The Hall–Kier alpha value is -2.74. The normalized spacial score (nSPS) is 13.4. The molecule has 1 atom stereocenters. The fourth-order valence-corrected chi connectivity index (χ4v) is 3.71. The van der Waals surface area contributed by atoms with Crippen molar-refractivity contribution >= 4 is 11.6 Å². The van der Waals surface area contributed by atoms with Crippen molar-refractivity contribution in [2.75, 3.05) is 19.9 Å². The van der Waals surface area contributed by atoms with Crippen molar-refractivity contribution in [1.29, 1.82) is 0 Å². The van der Waals surface area contributed by atoms with Gasteiger partial charge in [-0.05, 0) is 37.6 Å². The van der Waals surface area contributed by atoms with Gasteiger partial charge in [0.05, 0.1) is 12.2 Å². The molecule has 2 aromatic carbocycles. The van der Waals surface area contributed by atoms with E-state index in [2.05, 4.69) is 10.4 Å². The fraction of sp³-hybridized carbons (Fsp3) is 0.348. The van der Waals surface area contributed by atoms with Crippen LogP contribution < -0.4 is 19.5 Å². The number of aryl methyl sites for hydroxylation is 1. The molecule has 0 spiro atoms. The van der Waals surface area contributed by atoms with Gasteiger partial charge in [0.2, 0.25) is 6.79 Å². The maximum atomic E-state index is 10.3. The van der Waals surface area contributed by atoms with E-state index in [4.69, 9.17) is 25.8 Å². The summed E-state index contributed by atoms with van der Waals surface area (Å²) in [6, 6.07) is 13.2. The van der Waals surface area contributed by atoms with E-state index in [1.165, 1.54) is 0 Å². The zero-order valence-electron chi connectivity index (χ0n) is 17.6. The van der Waals surface area contributed by atoms with Gasteiger partial charge in [-0.3, -0.25) is 4.68 Å². The van der Waals surface area contributed by atoms with E-state index in [9.17, 15) is 5.11 Å². The average molecular weight is 444 g/mol. The van der Waals surface area contributed by atoms with Crippen LogP contribution in [-0.4, -0.2) is 40.9 Å². The maximum Gasteiger partial charge on any atom is 0.231 e. The Balaban J connectivity index is 1.27. The molecule has 2 heterocycles. The molecule has 0 saturated carbocycles. The topological polar surface area (TPSA) is 77.8 Å². The highest BCUT2D eigenvalue weighted by Crippen LogP contribution is 2.35. The molecule has 0 saturated heterocycles. The number of nitrogens with zero attached hydrogens (tertiary/aromatic N) is 2. The minimum atomic E-state index is -0.649. The van der Waals surface area contributed by atoms with Crippen molar-refractivity contribution in [2.24, 2.45) is 0 Å². The van der Waals surface area contributed by atoms with E-state index in [0.29, 0.717) is 36.9 Å². The molecule has 7 nitrogen and oxygen atoms in total. The van der Waals surface area contributed by atoms with E-state index in [-0.39, 0.29) is 13.4 Å². The van der Waals surface area contributed by atoms with Gasteiger partial charge in [-0.2, -0.15) is 5.10 Å². The fourth-order valence-electron chi connectivity index (χ4n) is 3.51. The summed E-state index contributed by atoms with van der Waals surface area (Å²) in [5, 5.41) is 19.0. The molecule has 4 rings (SSSR count). The third-order valence-electron chi connectivity index (χ3n) is 5.28. The smallest absolute Gasteiger partial charge is 0.231 e. The van der Waals surface area contributed by atoms with Crippen molar-refractivity contribution in [3.8, 4) is 17.2 Å². The van der Waals surface area contributed by atoms with Crippen LogP contribution in [0.25, 0.3) is 0 Å². The van der Waals surface area contributed by atoms with Crippen LogP contribution in [0.4, 0.5) is 0 Å². The van der Waals surface area contributed by atoms with E-state index in [1.807, 2.05) is 42.8 Å². The van der Waals surface area contributed by atoms with Crippen LogP contribution in [0.15, 0.2) is 42.5 Å². The summed E-state index contributed by atoms with van der Waals surface area (Å²) >= 11 is 6.29. The van der Waals surface area contributed by atoms with E-state index in [1.54, 1.807) is 18.2 Å².